The molecule has 5 nitrogen and oxygen atoms in total. The molecule has 1 aliphatic carbocycles. The SMILES string of the molecule is O=C1CCC(OCc2ccc([N+](=O)[O-])c(F)c2)CC1. The van der Waals surface area contributed by atoms with Gasteiger partial charge in [0.2, 0.25) is 5.82 Å². The van der Waals surface area contributed by atoms with Crippen LogP contribution in [0.3, 0.4) is 0 Å². The van der Waals surface area contributed by atoms with Gasteiger partial charge in [-0.15, -0.1) is 0 Å². The van der Waals surface area contributed by atoms with Gasteiger partial charge in [-0.1, -0.05) is 0 Å². The number of Topliss-reactive ketones (excluding diaryl/α,β-unsaturated/α-hetero) is 1. The van der Waals surface area contributed by atoms with Crippen LogP contribution in [-0.2, 0) is 16.1 Å². The van der Waals surface area contributed by atoms with Crippen molar-refractivity contribution in [2.24, 2.45) is 0 Å². The topological polar surface area (TPSA) is 69.4 Å². The van der Waals surface area contributed by atoms with Crippen LogP contribution in [0.5, 0.6) is 0 Å². The number of nitro benzene ring substituents is 1. The van der Waals surface area contributed by atoms with E-state index in [-0.39, 0.29) is 18.5 Å². The molecule has 0 unspecified atom stereocenters. The molecule has 0 heterocycles. The molecule has 0 atom stereocenters. The van der Waals surface area contributed by atoms with Crippen LogP contribution in [0.2, 0.25) is 0 Å². The fourth-order valence-electron chi connectivity index (χ4n) is 2.08. The average Bonchev–Trinajstić information content (AvgIpc) is 2.37. The zero-order chi connectivity index (χ0) is 13.8. The molecule has 1 aromatic rings. The van der Waals surface area contributed by atoms with Gasteiger partial charge in [0.15, 0.2) is 0 Å². The van der Waals surface area contributed by atoms with Crippen molar-refractivity contribution in [3.8, 4) is 0 Å². The third-order valence-corrected chi connectivity index (χ3v) is 3.18. The van der Waals surface area contributed by atoms with Crippen LogP contribution >= 0.6 is 0 Å². The van der Waals surface area contributed by atoms with Crippen LogP contribution in [0.25, 0.3) is 0 Å². The monoisotopic (exact) mass is 267 g/mol. The Hall–Kier alpha value is -1.82. The summed E-state index contributed by atoms with van der Waals surface area (Å²) in [6.07, 6.45) is 2.44. The van der Waals surface area contributed by atoms with E-state index in [1.807, 2.05) is 0 Å². The number of benzene rings is 1. The Kier molecular flexibility index (Phi) is 4.21. The molecule has 0 radical (unpaired) electrons. The van der Waals surface area contributed by atoms with E-state index < -0.39 is 16.4 Å². The summed E-state index contributed by atoms with van der Waals surface area (Å²) in [5.41, 5.74) is 0.0204. The first-order chi connectivity index (χ1) is 9.06. The van der Waals surface area contributed by atoms with Gasteiger partial charge in [-0.05, 0) is 30.5 Å². The molecule has 2 rings (SSSR count). The van der Waals surface area contributed by atoms with E-state index in [0.717, 1.165) is 12.1 Å². The highest BCUT2D eigenvalue weighted by atomic mass is 19.1. The zero-order valence-corrected chi connectivity index (χ0v) is 10.3. The predicted molar refractivity (Wildman–Crippen MR) is 65.1 cm³/mol. The molecule has 1 fully saturated rings. The number of ketones is 1. The van der Waals surface area contributed by atoms with Crippen LogP contribution < -0.4 is 0 Å². The third kappa shape index (κ3) is 3.57. The van der Waals surface area contributed by atoms with Gasteiger partial charge in [-0.25, -0.2) is 0 Å². The summed E-state index contributed by atoms with van der Waals surface area (Å²) in [5.74, 6) is -0.605. The maximum Gasteiger partial charge on any atom is 0.304 e. The van der Waals surface area contributed by atoms with Crippen LogP contribution in [-0.4, -0.2) is 16.8 Å². The molecule has 1 aromatic carbocycles. The fraction of sp³-hybridized carbons (Fsp3) is 0.462. The van der Waals surface area contributed by atoms with Crippen molar-refractivity contribution in [1.82, 2.24) is 0 Å². The summed E-state index contributed by atoms with van der Waals surface area (Å²) >= 11 is 0. The Balaban J connectivity index is 1.91. The first-order valence-electron chi connectivity index (χ1n) is 6.12. The second-order valence-corrected chi connectivity index (χ2v) is 4.59. The number of hydrogen-bond acceptors (Lipinski definition) is 4. The Morgan fingerprint density at radius 2 is 2.05 bits per heavy atom. The third-order valence-electron chi connectivity index (χ3n) is 3.18. The lowest BCUT2D eigenvalue weighted by Gasteiger charge is -2.21. The summed E-state index contributed by atoms with van der Waals surface area (Å²) in [5, 5.41) is 10.5. The van der Waals surface area contributed by atoms with Gasteiger partial charge in [-0.3, -0.25) is 14.9 Å². The largest absolute Gasteiger partial charge is 0.374 e. The summed E-state index contributed by atoms with van der Waals surface area (Å²) in [6.45, 7) is 0.202. The highest BCUT2D eigenvalue weighted by Gasteiger charge is 2.19. The predicted octanol–water partition coefficient (Wildman–Crippen LogP) is 2.76. The smallest absolute Gasteiger partial charge is 0.304 e. The average molecular weight is 267 g/mol. The second kappa shape index (κ2) is 5.88. The number of carbonyl (C=O) groups is 1. The number of nitrogens with zero attached hydrogens (tertiary/aromatic N) is 1. The maximum atomic E-state index is 13.4. The number of hydrogen-bond donors (Lipinski definition) is 0. The van der Waals surface area contributed by atoms with Gasteiger partial charge < -0.3 is 4.74 Å². The maximum absolute atomic E-state index is 13.4. The van der Waals surface area contributed by atoms with Gasteiger partial charge in [0.1, 0.15) is 5.78 Å². The number of carbonyl (C=O) groups excluding carboxylic acids is 1. The molecular weight excluding hydrogens is 253 g/mol. The molecule has 0 amide bonds. The van der Waals surface area contributed by atoms with Crippen LogP contribution in [0.1, 0.15) is 31.2 Å². The molecule has 19 heavy (non-hydrogen) atoms. The number of halogens is 1. The van der Waals surface area contributed by atoms with Crippen molar-refractivity contribution in [2.45, 2.75) is 38.4 Å². The Bertz CT molecular complexity index is 493. The summed E-state index contributed by atoms with van der Waals surface area (Å²) in [7, 11) is 0. The van der Waals surface area contributed by atoms with Gasteiger partial charge in [0.05, 0.1) is 17.6 Å². The van der Waals surface area contributed by atoms with E-state index in [2.05, 4.69) is 0 Å². The normalized spacial score (nSPS) is 16.6. The number of rotatable bonds is 4. The summed E-state index contributed by atoms with van der Waals surface area (Å²) < 4.78 is 19.0. The van der Waals surface area contributed by atoms with Crippen LogP contribution in [0, 0.1) is 15.9 Å². The lowest BCUT2D eigenvalue weighted by Crippen LogP contribution is -2.21. The molecule has 0 spiro atoms. The van der Waals surface area contributed by atoms with E-state index in [1.165, 1.54) is 6.07 Å². The fourth-order valence-corrected chi connectivity index (χ4v) is 2.08. The first-order valence-corrected chi connectivity index (χ1v) is 6.12. The molecule has 0 aliphatic heterocycles. The lowest BCUT2D eigenvalue weighted by atomic mass is 9.96. The van der Waals surface area contributed by atoms with E-state index in [4.69, 9.17) is 4.74 Å². The first kappa shape index (κ1) is 13.6. The van der Waals surface area contributed by atoms with Crippen LogP contribution in [0.4, 0.5) is 10.1 Å². The standard InChI is InChI=1S/C13H14FNO4/c14-12-7-9(1-6-13(12)15(17)18)8-19-11-4-2-10(16)3-5-11/h1,6-7,11H,2-5,8H2. The quantitative estimate of drug-likeness (QED) is 0.621. The van der Waals surface area contributed by atoms with Crippen molar-refractivity contribution in [2.75, 3.05) is 0 Å². The Morgan fingerprint density at radius 3 is 2.63 bits per heavy atom. The molecule has 0 saturated heterocycles. The zero-order valence-electron chi connectivity index (χ0n) is 10.3. The van der Waals surface area contributed by atoms with E-state index >= 15 is 0 Å². The van der Waals surface area contributed by atoms with Gasteiger partial charge >= 0.3 is 5.69 Å². The minimum atomic E-state index is -0.857. The van der Waals surface area contributed by atoms with Crippen molar-refractivity contribution in [1.29, 1.82) is 0 Å². The van der Waals surface area contributed by atoms with Crippen molar-refractivity contribution < 1.29 is 18.8 Å². The minimum Gasteiger partial charge on any atom is -0.374 e. The summed E-state index contributed by atoms with van der Waals surface area (Å²) in [6, 6.07) is 3.74. The molecule has 0 bridgehead atoms. The minimum absolute atomic E-state index is 0.0101. The van der Waals surface area contributed by atoms with Crippen molar-refractivity contribution in [3.05, 3.63) is 39.7 Å². The van der Waals surface area contributed by atoms with E-state index in [9.17, 15) is 19.3 Å². The van der Waals surface area contributed by atoms with Gasteiger partial charge in [0, 0.05) is 18.9 Å². The van der Waals surface area contributed by atoms with E-state index in [0.29, 0.717) is 31.2 Å². The molecule has 1 aliphatic rings. The molecular formula is C13H14FNO4. The van der Waals surface area contributed by atoms with E-state index in [1.54, 1.807) is 0 Å². The van der Waals surface area contributed by atoms with Gasteiger partial charge in [-0.2, -0.15) is 4.39 Å². The molecule has 0 N–H and O–H groups in total. The highest BCUT2D eigenvalue weighted by molar-refractivity contribution is 5.79. The van der Waals surface area contributed by atoms with Crippen LogP contribution in [0.15, 0.2) is 18.2 Å². The molecule has 1 saturated carbocycles. The van der Waals surface area contributed by atoms with Gasteiger partial charge in [0.25, 0.3) is 0 Å². The molecule has 6 heteroatoms. The lowest BCUT2D eigenvalue weighted by molar-refractivity contribution is -0.387. The molecule has 0 aromatic heterocycles. The van der Waals surface area contributed by atoms with Crippen molar-refractivity contribution in [3.63, 3.8) is 0 Å². The number of nitro groups is 1. The Labute approximate surface area is 109 Å². The summed E-state index contributed by atoms with van der Waals surface area (Å²) in [4.78, 5) is 20.8. The van der Waals surface area contributed by atoms with Crippen molar-refractivity contribution >= 4 is 11.5 Å². The molecule has 102 valence electrons. The highest BCUT2D eigenvalue weighted by Crippen LogP contribution is 2.21. The Morgan fingerprint density at radius 1 is 1.37 bits per heavy atom. The second-order valence-electron chi connectivity index (χ2n) is 4.59. The number of ether oxygens (including phenoxy) is 1.